The Labute approximate surface area is 243 Å². The van der Waals surface area contributed by atoms with Crippen LogP contribution in [0.25, 0.3) is 11.0 Å². The summed E-state index contributed by atoms with van der Waals surface area (Å²) in [5, 5.41) is 3.14. The van der Waals surface area contributed by atoms with Gasteiger partial charge in [0, 0.05) is 6.54 Å². The molecule has 0 aliphatic heterocycles. The summed E-state index contributed by atoms with van der Waals surface area (Å²) < 4.78 is 7.68. The van der Waals surface area contributed by atoms with Crippen molar-refractivity contribution in [3.8, 4) is 5.75 Å². The fourth-order valence-corrected chi connectivity index (χ4v) is 5.65. The van der Waals surface area contributed by atoms with Gasteiger partial charge in [-0.1, -0.05) is 128 Å². The molecule has 1 unspecified atom stereocenters. The zero-order chi connectivity index (χ0) is 28.4. The molecule has 0 aliphatic rings. The number of methoxy groups -OCH3 is 1. The van der Waals surface area contributed by atoms with E-state index in [1.165, 1.54) is 96.3 Å². The lowest BCUT2D eigenvalue weighted by atomic mass is 10.0. The van der Waals surface area contributed by atoms with E-state index < -0.39 is 0 Å². The van der Waals surface area contributed by atoms with Crippen LogP contribution in [0.3, 0.4) is 0 Å². The fraction of sp³-hybridized carbons (Fsp3) is 0.600. The number of hydrogen-bond donors (Lipinski definition) is 1. The molecule has 220 valence electrons. The number of nitrogens with one attached hydrogen (secondary N) is 1. The molecule has 0 saturated heterocycles. The fourth-order valence-electron chi connectivity index (χ4n) is 5.65. The number of nitrogens with zero attached hydrogens (tertiary/aromatic N) is 2. The lowest BCUT2D eigenvalue weighted by Crippen LogP contribution is -2.29. The van der Waals surface area contributed by atoms with Gasteiger partial charge in [0.15, 0.2) is 0 Å². The molecule has 5 heteroatoms. The zero-order valence-electron chi connectivity index (χ0n) is 25.4. The van der Waals surface area contributed by atoms with Crippen molar-refractivity contribution in [1.29, 1.82) is 0 Å². The van der Waals surface area contributed by atoms with Crippen molar-refractivity contribution in [2.75, 3.05) is 7.11 Å². The van der Waals surface area contributed by atoms with Crippen molar-refractivity contribution >= 4 is 16.9 Å². The molecule has 5 nitrogen and oxygen atoms in total. The lowest BCUT2D eigenvalue weighted by molar-refractivity contribution is 0.0934. The van der Waals surface area contributed by atoms with E-state index in [-0.39, 0.29) is 11.9 Å². The van der Waals surface area contributed by atoms with E-state index in [1.54, 1.807) is 13.2 Å². The first kappa shape index (κ1) is 31.7. The Morgan fingerprint density at radius 2 is 1.30 bits per heavy atom. The van der Waals surface area contributed by atoms with Gasteiger partial charge in [0.2, 0.25) is 0 Å². The molecule has 40 heavy (non-hydrogen) atoms. The van der Waals surface area contributed by atoms with E-state index >= 15 is 0 Å². The summed E-state index contributed by atoms with van der Waals surface area (Å²) in [7, 11) is 1.59. The third-order valence-electron chi connectivity index (χ3n) is 8.01. The van der Waals surface area contributed by atoms with Crippen molar-refractivity contribution in [3.05, 3.63) is 59.9 Å². The highest BCUT2D eigenvalue weighted by Gasteiger charge is 2.20. The van der Waals surface area contributed by atoms with Crippen molar-refractivity contribution in [2.24, 2.45) is 0 Å². The summed E-state index contributed by atoms with van der Waals surface area (Å²) in [5.74, 6) is 1.34. The smallest absolute Gasteiger partial charge is 0.255 e. The number of carbonyl (C=O) groups is 1. The minimum Gasteiger partial charge on any atom is -0.496 e. The number of hydrogen-bond acceptors (Lipinski definition) is 3. The first-order valence-electron chi connectivity index (χ1n) is 16.0. The van der Waals surface area contributed by atoms with E-state index in [4.69, 9.17) is 9.72 Å². The second-order valence-electron chi connectivity index (χ2n) is 11.3. The Balaban J connectivity index is 1.37. The van der Waals surface area contributed by atoms with Crippen molar-refractivity contribution in [1.82, 2.24) is 14.9 Å². The average Bonchev–Trinajstić information content (AvgIpc) is 3.35. The molecule has 2 aromatic carbocycles. The van der Waals surface area contributed by atoms with Crippen molar-refractivity contribution in [2.45, 2.75) is 129 Å². The Bertz CT molecular complexity index is 1120. The summed E-state index contributed by atoms with van der Waals surface area (Å²) >= 11 is 0. The van der Waals surface area contributed by atoms with Crippen LogP contribution < -0.4 is 10.1 Å². The Morgan fingerprint density at radius 1 is 0.775 bits per heavy atom. The molecule has 3 aromatic rings. The topological polar surface area (TPSA) is 56.2 Å². The number of ether oxygens (including phenoxy) is 1. The quantitative estimate of drug-likeness (QED) is 0.135. The number of rotatable bonds is 21. The van der Waals surface area contributed by atoms with Gasteiger partial charge in [-0.25, -0.2) is 4.98 Å². The van der Waals surface area contributed by atoms with Gasteiger partial charge in [0.25, 0.3) is 5.91 Å². The van der Waals surface area contributed by atoms with E-state index in [9.17, 15) is 4.79 Å². The highest BCUT2D eigenvalue weighted by Crippen LogP contribution is 2.24. The van der Waals surface area contributed by atoms with Gasteiger partial charge in [-0.05, 0) is 37.6 Å². The van der Waals surface area contributed by atoms with Crippen LogP contribution in [0.2, 0.25) is 0 Å². The highest BCUT2D eigenvalue weighted by molar-refractivity contribution is 5.97. The monoisotopic (exact) mass is 547 g/mol. The largest absolute Gasteiger partial charge is 0.496 e. The molecule has 0 saturated carbocycles. The molecule has 0 aliphatic carbocycles. The molecule has 0 radical (unpaired) electrons. The van der Waals surface area contributed by atoms with Crippen LogP contribution in [-0.4, -0.2) is 22.6 Å². The number of benzene rings is 2. The number of fused-ring (bicyclic) bond motifs is 1. The van der Waals surface area contributed by atoms with E-state index in [1.807, 2.05) is 31.2 Å². The van der Waals surface area contributed by atoms with Crippen LogP contribution in [0.15, 0.2) is 48.5 Å². The van der Waals surface area contributed by atoms with Gasteiger partial charge >= 0.3 is 0 Å². The van der Waals surface area contributed by atoms with Crippen LogP contribution in [0.1, 0.15) is 139 Å². The van der Waals surface area contributed by atoms with Crippen molar-refractivity contribution < 1.29 is 9.53 Å². The Morgan fingerprint density at radius 3 is 1.90 bits per heavy atom. The molecule has 1 aromatic heterocycles. The summed E-state index contributed by atoms with van der Waals surface area (Å²) in [4.78, 5) is 17.9. The van der Waals surface area contributed by atoms with Crippen LogP contribution in [0, 0.1) is 0 Å². The van der Waals surface area contributed by atoms with Gasteiger partial charge in [0.05, 0.1) is 29.7 Å². The number of aryl methyl sites for hydroxylation is 1. The Kier molecular flexibility index (Phi) is 14.7. The molecule has 1 heterocycles. The molecule has 1 amide bonds. The number of carbonyl (C=O) groups excluding carboxylic acids is 1. The van der Waals surface area contributed by atoms with E-state index in [0.29, 0.717) is 11.3 Å². The van der Waals surface area contributed by atoms with Gasteiger partial charge in [-0.15, -0.1) is 0 Å². The molecule has 0 spiro atoms. The number of unbranched alkanes of at least 4 members (excludes halogenated alkanes) is 15. The van der Waals surface area contributed by atoms with E-state index in [2.05, 4.69) is 35.0 Å². The average molecular weight is 548 g/mol. The molecule has 0 fully saturated rings. The normalized spacial score (nSPS) is 12.1. The predicted octanol–water partition coefficient (Wildman–Crippen LogP) is 9.80. The molecule has 1 atom stereocenters. The lowest BCUT2D eigenvalue weighted by Gasteiger charge is -2.17. The molecule has 1 N–H and O–H groups in total. The van der Waals surface area contributed by atoms with Gasteiger partial charge in [0.1, 0.15) is 11.6 Å². The second-order valence-corrected chi connectivity index (χ2v) is 11.3. The van der Waals surface area contributed by atoms with Crippen molar-refractivity contribution in [3.63, 3.8) is 0 Å². The predicted molar refractivity (Wildman–Crippen MR) is 168 cm³/mol. The number of para-hydroxylation sites is 3. The first-order valence-corrected chi connectivity index (χ1v) is 16.0. The zero-order valence-corrected chi connectivity index (χ0v) is 25.4. The highest BCUT2D eigenvalue weighted by atomic mass is 16.5. The standard InChI is InChI=1S/C35H53N3O2/c1-4-5-6-7-8-9-10-11-12-13-14-15-16-17-18-23-28-38-32-26-21-20-25-31(32)37-34(38)29(2)36-35(39)30-24-19-22-27-33(30)40-3/h19-22,24-27,29H,4-18,23,28H2,1-3H3,(H,36,39). The molecular formula is C35H53N3O2. The maximum absolute atomic E-state index is 13.0. The summed E-state index contributed by atoms with van der Waals surface area (Å²) in [6.07, 6.45) is 21.9. The number of aromatic nitrogens is 2. The van der Waals surface area contributed by atoms with Crippen LogP contribution in [-0.2, 0) is 6.54 Å². The van der Waals surface area contributed by atoms with Crippen LogP contribution >= 0.6 is 0 Å². The maximum atomic E-state index is 13.0. The van der Waals surface area contributed by atoms with Gasteiger partial charge in [-0.3, -0.25) is 4.79 Å². The minimum atomic E-state index is -0.217. The third kappa shape index (κ3) is 10.3. The second kappa shape index (κ2) is 18.5. The van der Waals surface area contributed by atoms with Crippen LogP contribution in [0.4, 0.5) is 0 Å². The van der Waals surface area contributed by atoms with Crippen LogP contribution in [0.5, 0.6) is 5.75 Å². The van der Waals surface area contributed by atoms with Gasteiger partial charge in [-0.2, -0.15) is 0 Å². The number of amides is 1. The summed E-state index contributed by atoms with van der Waals surface area (Å²) in [6, 6.07) is 15.4. The maximum Gasteiger partial charge on any atom is 0.255 e. The first-order chi connectivity index (χ1) is 19.7. The number of imidazole rings is 1. The SMILES string of the molecule is CCCCCCCCCCCCCCCCCCn1c(C(C)NC(=O)c2ccccc2OC)nc2ccccc21. The van der Waals surface area contributed by atoms with E-state index in [0.717, 1.165) is 29.8 Å². The van der Waals surface area contributed by atoms with Gasteiger partial charge < -0.3 is 14.6 Å². The molecule has 0 bridgehead atoms. The molecule has 3 rings (SSSR count). The summed E-state index contributed by atoms with van der Waals surface area (Å²) in [6.45, 7) is 5.22. The molecular weight excluding hydrogens is 494 g/mol. The summed E-state index contributed by atoms with van der Waals surface area (Å²) in [5.41, 5.74) is 2.65. The third-order valence-corrected chi connectivity index (χ3v) is 8.01. The minimum absolute atomic E-state index is 0.147. The Hall–Kier alpha value is -2.82.